The maximum Gasteiger partial charge on any atom is 0.262 e. The Balaban J connectivity index is 1.42. The number of likely N-dealkylation sites (N-methyl/N-ethyl adjacent to an activating group) is 1. The molecule has 1 saturated heterocycles. The average molecular weight is 465 g/mol. The molecule has 4 N–H and O–H groups in total. The minimum absolute atomic E-state index is 0.136. The van der Waals surface area contributed by atoms with Crippen LogP contribution in [0.4, 0.5) is 11.4 Å². The van der Waals surface area contributed by atoms with Gasteiger partial charge < -0.3 is 30.2 Å². The molecule has 8 nitrogen and oxygen atoms in total. The molecule has 1 aliphatic carbocycles. The van der Waals surface area contributed by atoms with Crippen LogP contribution in [0.1, 0.15) is 19.3 Å². The van der Waals surface area contributed by atoms with E-state index in [1.54, 1.807) is 0 Å². The second-order valence-electron chi connectivity index (χ2n) is 9.25. The third-order valence-electron chi connectivity index (χ3n) is 6.96. The van der Waals surface area contributed by atoms with Gasteiger partial charge in [-0.25, -0.2) is 4.98 Å². The fourth-order valence-electron chi connectivity index (χ4n) is 5.06. The molecule has 9 heteroatoms. The number of rotatable bonds is 4. The van der Waals surface area contributed by atoms with Crippen molar-refractivity contribution in [2.24, 2.45) is 0 Å². The average Bonchev–Trinajstić information content (AvgIpc) is 3.53. The Labute approximate surface area is 195 Å². The molecule has 0 spiro atoms. The smallest absolute Gasteiger partial charge is 0.262 e. The molecule has 2 fully saturated rings. The van der Waals surface area contributed by atoms with E-state index >= 15 is 0 Å². The molecule has 2 aliphatic rings. The number of aliphatic hydroxyl groups excluding tert-OH is 1. The molecule has 6 rings (SSSR count). The standard InChI is InChI=1S/C24H28N6O2S/c1-29-7-9-30(10-8-29)15-3-5-18-19(13-15)27-22(26-18)20-21(25-14-2-4-16(31)12-14)17-6-11-33-24(17)28-23(20)32/h3,5-6,11,13-14,16,31H,2,4,7-10,12H2,1H3,(H,26,27)(H2,25,28,32)/t14-,16+/m1/s1. The van der Waals surface area contributed by atoms with E-state index in [0.29, 0.717) is 17.8 Å². The number of nitrogens with zero attached hydrogens (tertiary/aromatic N) is 3. The van der Waals surface area contributed by atoms with Crippen LogP contribution >= 0.6 is 11.3 Å². The SMILES string of the molecule is CN1CCN(c2ccc3nc(-c4c(N[C@@H]5CC[C@H](O)C5)c5ccsc5[nH]c4=O)[nH]c3c2)CC1. The largest absolute Gasteiger partial charge is 0.393 e. The summed E-state index contributed by atoms with van der Waals surface area (Å²) in [5, 5.41) is 16.5. The number of aromatic amines is 2. The van der Waals surface area contributed by atoms with Gasteiger partial charge in [-0.3, -0.25) is 4.79 Å². The third-order valence-corrected chi connectivity index (χ3v) is 7.79. The summed E-state index contributed by atoms with van der Waals surface area (Å²) in [4.78, 5) is 30.0. The number of H-pyrrole nitrogens is 2. The predicted molar refractivity (Wildman–Crippen MR) is 135 cm³/mol. The van der Waals surface area contributed by atoms with Crippen molar-refractivity contribution < 1.29 is 5.11 Å². The highest BCUT2D eigenvalue weighted by molar-refractivity contribution is 7.16. The molecule has 33 heavy (non-hydrogen) atoms. The van der Waals surface area contributed by atoms with Crippen molar-refractivity contribution in [3.63, 3.8) is 0 Å². The number of nitrogens with one attached hydrogen (secondary N) is 3. The van der Waals surface area contributed by atoms with E-state index in [-0.39, 0.29) is 17.7 Å². The van der Waals surface area contributed by atoms with Crippen LogP contribution in [0.3, 0.4) is 0 Å². The van der Waals surface area contributed by atoms with E-state index in [1.165, 1.54) is 17.0 Å². The molecule has 1 aromatic carbocycles. The van der Waals surface area contributed by atoms with Gasteiger partial charge in [0, 0.05) is 43.3 Å². The van der Waals surface area contributed by atoms with Gasteiger partial charge in [-0.1, -0.05) is 0 Å². The Morgan fingerprint density at radius 1 is 1.15 bits per heavy atom. The molecule has 2 atom stereocenters. The number of aromatic nitrogens is 3. The lowest BCUT2D eigenvalue weighted by molar-refractivity contribution is 0.182. The second kappa shape index (κ2) is 8.16. The summed E-state index contributed by atoms with van der Waals surface area (Å²) in [7, 11) is 2.15. The zero-order valence-electron chi connectivity index (χ0n) is 18.6. The molecule has 0 unspecified atom stereocenters. The zero-order chi connectivity index (χ0) is 22.5. The Morgan fingerprint density at radius 3 is 2.79 bits per heavy atom. The monoisotopic (exact) mass is 464 g/mol. The van der Waals surface area contributed by atoms with Gasteiger partial charge in [0.25, 0.3) is 5.56 Å². The zero-order valence-corrected chi connectivity index (χ0v) is 19.4. The van der Waals surface area contributed by atoms with Crippen LogP contribution in [0.5, 0.6) is 0 Å². The Kier molecular flexibility index (Phi) is 5.12. The molecule has 0 amide bonds. The van der Waals surface area contributed by atoms with Gasteiger partial charge in [0.05, 0.1) is 22.8 Å². The van der Waals surface area contributed by atoms with Crippen molar-refractivity contribution in [2.75, 3.05) is 43.4 Å². The van der Waals surface area contributed by atoms with Crippen LogP contribution in [0.25, 0.3) is 32.6 Å². The van der Waals surface area contributed by atoms with Gasteiger partial charge in [-0.05, 0) is 56.0 Å². The van der Waals surface area contributed by atoms with E-state index in [2.05, 4.69) is 44.3 Å². The highest BCUT2D eigenvalue weighted by atomic mass is 32.1. The van der Waals surface area contributed by atoms with Crippen molar-refractivity contribution in [3.05, 3.63) is 40.0 Å². The first-order chi connectivity index (χ1) is 16.0. The number of fused-ring (bicyclic) bond motifs is 2. The van der Waals surface area contributed by atoms with Gasteiger partial charge >= 0.3 is 0 Å². The number of thiophene rings is 1. The number of anilines is 2. The Morgan fingerprint density at radius 2 is 2.00 bits per heavy atom. The first-order valence-corrected chi connectivity index (χ1v) is 12.4. The molecular formula is C24H28N6O2S. The van der Waals surface area contributed by atoms with Gasteiger partial charge in [0.2, 0.25) is 0 Å². The normalized spacial score (nSPS) is 21.9. The fraction of sp³-hybridized carbons (Fsp3) is 0.417. The molecule has 4 heterocycles. The summed E-state index contributed by atoms with van der Waals surface area (Å²) < 4.78 is 0. The number of hydrogen-bond donors (Lipinski definition) is 4. The van der Waals surface area contributed by atoms with Crippen molar-refractivity contribution in [2.45, 2.75) is 31.4 Å². The summed E-state index contributed by atoms with van der Waals surface area (Å²) in [5.41, 5.74) is 4.10. The van der Waals surface area contributed by atoms with Crippen molar-refractivity contribution >= 4 is 44.0 Å². The van der Waals surface area contributed by atoms with Crippen LogP contribution < -0.4 is 15.8 Å². The van der Waals surface area contributed by atoms with E-state index < -0.39 is 0 Å². The predicted octanol–water partition coefficient (Wildman–Crippen LogP) is 3.21. The third kappa shape index (κ3) is 3.80. The molecular weight excluding hydrogens is 436 g/mol. The number of piperazine rings is 1. The first kappa shape index (κ1) is 20.7. The van der Waals surface area contributed by atoms with Crippen LogP contribution in [0, 0.1) is 0 Å². The highest BCUT2D eigenvalue weighted by Gasteiger charge is 2.26. The van der Waals surface area contributed by atoms with E-state index in [1.807, 2.05) is 17.5 Å². The second-order valence-corrected chi connectivity index (χ2v) is 10.2. The first-order valence-electron chi connectivity index (χ1n) is 11.6. The fourth-order valence-corrected chi connectivity index (χ4v) is 5.85. The molecule has 1 aliphatic heterocycles. The summed E-state index contributed by atoms with van der Waals surface area (Å²) in [6.45, 7) is 4.10. The molecule has 1 saturated carbocycles. The van der Waals surface area contributed by atoms with Crippen molar-refractivity contribution in [3.8, 4) is 11.4 Å². The lowest BCUT2D eigenvalue weighted by Gasteiger charge is -2.34. The molecule has 4 aromatic rings. The molecule has 0 bridgehead atoms. The lowest BCUT2D eigenvalue weighted by Crippen LogP contribution is -2.44. The summed E-state index contributed by atoms with van der Waals surface area (Å²) in [6, 6.07) is 8.44. The number of hydrogen-bond acceptors (Lipinski definition) is 7. The number of pyridine rings is 1. The topological polar surface area (TPSA) is 100 Å². The minimum Gasteiger partial charge on any atom is -0.393 e. The summed E-state index contributed by atoms with van der Waals surface area (Å²) in [6.07, 6.45) is 2.06. The summed E-state index contributed by atoms with van der Waals surface area (Å²) >= 11 is 1.52. The van der Waals surface area contributed by atoms with Gasteiger partial charge in [-0.15, -0.1) is 11.3 Å². The van der Waals surface area contributed by atoms with Gasteiger partial charge in [0.15, 0.2) is 0 Å². The van der Waals surface area contributed by atoms with Crippen LogP contribution in [0.2, 0.25) is 0 Å². The van der Waals surface area contributed by atoms with Gasteiger partial charge in [-0.2, -0.15) is 0 Å². The van der Waals surface area contributed by atoms with Crippen LogP contribution in [0.15, 0.2) is 34.4 Å². The quantitative estimate of drug-likeness (QED) is 0.370. The number of imidazole rings is 1. The lowest BCUT2D eigenvalue weighted by atomic mass is 10.1. The van der Waals surface area contributed by atoms with Crippen LogP contribution in [-0.4, -0.2) is 70.3 Å². The van der Waals surface area contributed by atoms with Crippen molar-refractivity contribution in [1.29, 1.82) is 0 Å². The van der Waals surface area contributed by atoms with Gasteiger partial charge in [0.1, 0.15) is 16.2 Å². The minimum atomic E-state index is -0.287. The van der Waals surface area contributed by atoms with Crippen molar-refractivity contribution in [1.82, 2.24) is 19.9 Å². The Bertz CT molecular complexity index is 1370. The Hall–Kier alpha value is -2.88. The van der Waals surface area contributed by atoms with Crippen LogP contribution in [-0.2, 0) is 0 Å². The number of aliphatic hydroxyl groups is 1. The molecule has 172 valence electrons. The van der Waals surface area contributed by atoms with E-state index in [9.17, 15) is 9.90 Å². The summed E-state index contributed by atoms with van der Waals surface area (Å²) in [5.74, 6) is 0.566. The highest BCUT2D eigenvalue weighted by Crippen LogP contribution is 2.35. The molecule has 0 radical (unpaired) electrons. The maximum atomic E-state index is 13.2. The number of benzene rings is 1. The van der Waals surface area contributed by atoms with E-state index in [0.717, 1.165) is 66.0 Å². The van der Waals surface area contributed by atoms with E-state index in [4.69, 9.17) is 4.98 Å². The maximum absolute atomic E-state index is 13.2. The molecule has 3 aromatic heterocycles.